The first-order valence-corrected chi connectivity index (χ1v) is 4.96. The van der Waals surface area contributed by atoms with Gasteiger partial charge in [-0.25, -0.2) is 4.39 Å². The fourth-order valence-electron chi connectivity index (χ4n) is 1.33. The fourth-order valence-corrected chi connectivity index (χ4v) is 1.33. The Labute approximate surface area is 88.6 Å². The maximum absolute atomic E-state index is 13.2. The molecule has 0 bridgehead atoms. The summed E-state index contributed by atoms with van der Waals surface area (Å²) in [5.41, 5.74) is 3.33. The number of carbonyl (C=O) groups excluding carboxylic acids is 1. The van der Waals surface area contributed by atoms with Gasteiger partial charge < -0.3 is 11.1 Å². The maximum Gasteiger partial charge on any atom is 0.238 e. The number of hydrogen-bond acceptors (Lipinski definition) is 3. The molecule has 4 nitrogen and oxygen atoms in total. The molecule has 15 heavy (non-hydrogen) atoms. The highest BCUT2D eigenvalue weighted by atomic mass is 19.1. The van der Waals surface area contributed by atoms with Crippen LogP contribution in [0.25, 0.3) is 0 Å². The van der Waals surface area contributed by atoms with Crippen molar-refractivity contribution in [3.63, 3.8) is 0 Å². The van der Waals surface area contributed by atoms with Crippen LogP contribution in [0.1, 0.15) is 33.1 Å². The van der Waals surface area contributed by atoms with E-state index in [4.69, 9.17) is 11.0 Å². The molecule has 3 N–H and O–H groups in total. The van der Waals surface area contributed by atoms with Gasteiger partial charge in [0.1, 0.15) is 11.2 Å². The lowest BCUT2D eigenvalue weighted by molar-refractivity contribution is -0.123. The minimum Gasteiger partial charge on any atom is -0.336 e. The van der Waals surface area contributed by atoms with Crippen molar-refractivity contribution in [3.05, 3.63) is 0 Å². The Morgan fingerprint density at radius 2 is 2.27 bits per heavy atom. The van der Waals surface area contributed by atoms with Gasteiger partial charge in [0.2, 0.25) is 5.91 Å². The van der Waals surface area contributed by atoms with E-state index in [1.807, 2.05) is 6.07 Å². The van der Waals surface area contributed by atoms with E-state index in [-0.39, 0.29) is 6.42 Å². The molecule has 1 fully saturated rings. The number of nitrogens with zero attached hydrogens (tertiary/aromatic N) is 1. The SMILES string of the molecule is CC(C)(F)CC(N)C(=O)NC1(C#N)CC1. The van der Waals surface area contributed by atoms with Crippen LogP contribution in [0.2, 0.25) is 0 Å². The third-order valence-electron chi connectivity index (χ3n) is 2.37. The lowest BCUT2D eigenvalue weighted by Crippen LogP contribution is -2.48. The number of hydrogen-bond donors (Lipinski definition) is 2. The van der Waals surface area contributed by atoms with Crippen LogP contribution in [-0.2, 0) is 4.79 Å². The van der Waals surface area contributed by atoms with E-state index in [1.54, 1.807) is 0 Å². The quantitative estimate of drug-likeness (QED) is 0.718. The summed E-state index contributed by atoms with van der Waals surface area (Å²) < 4.78 is 13.2. The third-order valence-corrected chi connectivity index (χ3v) is 2.37. The summed E-state index contributed by atoms with van der Waals surface area (Å²) in [4.78, 5) is 11.5. The number of amides is 1. The van der Waals surface area contributed by atoms with Gasteiger partial charge in [-0.15, -0.1) is 0 Å². The summed E-state index contributed by atoms with van der Waals surface area (Å²) in [5.74, 6) is -0.445. The number of carbonyl (C=O) groups is 1. The van der Waals surface area contributed by atoms with Crippen LogP contribution in [0.4, 0.5) is 4.39 Å². The minimum atomic E-state index is -1.47. The van der Waals surface area contributed by atoms with Crippen LogP contribution >= 0.6 is 0 Å². The number of alkyl halides is 1. The largest absolute Gasteiger partial charge is 0.336 e. The number of nitrogens with one attached hydrogen (secondary N) is 1. The van der Waals surface area contributed by atoms with Gasteiger partial charge in [-0.2, -0.15) is 5.26 Å². The lowest BCUT2D eigenvalue weighted by Gasteiger charge is -2.20. The highest BCUT2D eigenvalue weighted by Crippen LogP contribution is 2.34. The van der Waals surface area contributed by atoms with E-state index >= 15 is 0 Å². The summed E-state index contributed by atoms with van der Waals surface area (Å²) in [6.07, 6.45) is 1.27. The predicted molar refractivity (Wildman–Crippen MR) is 53.5 cm³/mol. The lowest BCUT2D eigenvalue weighted by atomic mass is 10.0. The molecule has 1 atom stereocenters. The first-order chi connectivity index (χ1) is 6.78. The Balaban J connectivity index is 2.45. The predicted octanol–water partition coefficient (Wildman–Crippen LogP) is 0.624. The molecule has 1 saturated carbocycles. The van der Waals surface area contributed by atoms with Gasteiger partial charge >= 0.3 is 0 Å². The van der Waals surface area contributed by atoms with Crippen molar-refractivity contribution in [2.45, 2.75) is 50.4 Å². The van der Waals surface area contributed by atoms with E-state index in [1.165, 1.54) is 13.8 Å². The summed E-state index contributed by atoms with van der Waals surface area (Å²) in [6.45, 7) is 2.74. The second-order valence-electron chi connectivity index (χ2n) is 4.71. The van der Waals surface area contributed by atoms with Crippen LogP contribution in [0.5, 0.6) is 0 Å². The van der Waals surface area contributed by atoms with Crippen LogP contribution in [0.15, 0.2) is 0 Å². The molecule has 0 aromatic heterocycles. The number of nitrogens with two attached hydrogens (primary N) is 1. The summed E-state index contributed by atoms with van der Waals surface area (Å²) in [7, 11) is 0. The van der Waals surface area contributed by atoms with Crippen LogP contribution in [-0.4, -0.2) is 23.2 Å². The molecule has 0 aromatic rings. The molecule has 1 unspecified atom stereocenters. The average Bonchev–Trinajstić information content (AvgIpc) is 2.82. The maximum atomic E-state index is 13.2. The molecule has 0 aliphatic heterocycles. The molecule has 0 saturated heterocycles. The molecule has 0 spiro atoms. The molecule has 1 aliphatic carbocycles. The van der Waals surface area contributed by atoms with Crippen LogP contribution in [0, 0.1) is 11.3 Å². The minimum absolute atomic E-state index is 0.0413. The van der Waals surface area contributed by atoms with Gasteiger partial charge in [0.25, 0.3) is 0 Å². The molecule has 84 valence electrons. The molecule has 0 heterocycles. The zero-order valence-corrected chi connectivity index (χ0v) is 9.01. The highest BCUT2D eigenvalue weighted by Gasteiger charge is 2.45. The normalized spacial score (nSPS) is 20.2. The van der Waals surface area contributed by atoms with Crippen molar-refractivity contribution in [1.29, 1.82) is 5.26 Å². The zero-order valence-electron chi connectivity index (χ0n) is 9.01. The van der Waals surface area contributed by atoms with Crippen molar-refractivity contribution in [2.75, 3.05) is 0 Å². The van der Waals surface area contributed by atoms with Gasteiger partial charge in [-0.3, -0.25) is 4.79 Å². The van der Waals surface area contributed by atoms with Crippen LogP contribution < -0.4 is 11.1 Å². The van der Waals surface area contributed by atoms with Crippen molar-refractivity contribution in [1.82, 2.24) is 5.32 Å². The zero-order chi connectivity index (χ0) is 11.7. The van der Waals surface area contributed by atoms with Gasteiger partial charge in [0.05, 0.1) is 12.1 Å². The summed E-state index contributed by atoms with van der Waals surface area (Å²) in [5, 5.41) is 11.3. The van der Waals surface area contributed by atoms with Crippen molar-refractivity contribution >= 4 is 5.91 Å². The number of halogens is 1. The Morgan fingerprint density at radius 3 is 2.60 bits per heavy atom. The van der Waals surface area contributed by atoms with E-state index < -0.39 is 23.2 Å². The number of nitriles is 1. The Hall–Kier alpha value is -1.15. The highest BCUT2D eigenvalue weighted by molar-refractivity contribution is 5.83. The van der Waals surface area contributed by atoms with E-state index in [9.17, 15) is 9.18 Å². The van der Waals surface area contributed by atoms with E-state index in [0.29, 0.717) is 12.8 Å². The molecule has 0 aromatic carbocycles. The molecule has 0 radical (unpaired) electrons. The van der Waals surface area contributed by atoms with Crippen molar-refractivity contribution in [2.24, 2.45) is 5.73 Å². The van der Waals surface area contributed by atoms with Gasteiger partial charge in [-0.05, 0) is 26.7 Å². The fraction of sp³-hybridized carbons (Fsp3) is 0.800. The standard InChI is InChI=1S/C10H16FN3O/c1-9(2,11)5-7(13)8(15)14-10(6-12)3-4-10/h7H,3-5,13H2,1-2H3,(H,14,15). The van der Waals surface area contributed by atoms with Crippen LogP contribution in [0.3, 0.4) is 0 Å². The second kappa shape index (κ2) is 3.78. The average molecular weight is 213 g/mol. The van der Waals surface area contributed by atoms with E-state index in [0.717, 1.165) is 0 Å². The third kappa shape index (κ3) is 3.48. The Bertz CT molecular complexity index is 299. The first kappa shape index (κ1) is 11.9. The molecule has 1 aliphatic rings. The van der Waals surface area contributed by atoms with Crippen molar-refractivity contribution in [3.8, 4) is 6.07 Å². The van der Waals surface area contributed by atoms with E-state index in [2.05, 4.69) is 5.32 Å². The second-order valence-corrected chi connectivity index (χ2v) is 4.71. The molecule has 5 heteroatoms. The van der Waals surface area contributed by atoms with Gasteiger partial charge in [0, 0.05) is 6.42 Å². The van der Waals surface area contributed by atoms with Crippen molar-refractivity contribution < 1.29 is 9.18 Å². The monoisotopic (exact) mass is 213 g/mol. The first-order valence-electron chi connectivity index (χ1n) is 4.96. The molecule has 1 amide bonds. The topological polar surface area (TPSA) is 78.9 Å². The van der Waals surface area contributed by atoms with Gasteiger partial charge in [-0.1, -0.05) is 0 Å². The van der Waals surface area contributed by atoms with Gasteiger partial charge in [0.15, 0.2) is 0 Å². The summed E-state index contributed by atoms with van der Waals surface area (Å²) >= 11 is 0. The molecular formula is C10H16FN3O. The molecule has 1 rings (SSSR count). The summed E-state index contributed by atoms with van der Waals surface area (Å²) in [6, 6.07) is 1.13. The number of rotatable bonds is 4. The Kier molecular flexibility index (Phi) is 3.00. The Morgan fingerprint density at radius 1 is 1.73 bits per heavy atom. The molecular weight excluding hydrogens is 197 g/mol. The smallest absolute Gasteiger partial charge is 0.238 e.